The molecule has 0 unspecified atom stereocenters. The van der Waals surface area contributed by atoms with Crippen LogP contribution in [-0.4, -0.2) is 25.5 Å². The molecule has 11 heteroatoms. The Morgan fingerprint density at radius 3 is 2.67 bits per heavy atom. The number of carbonyl (C=O) groups is 1. The number of benzene rings is 1. The van der Waals surface area contributed by atoms with Crippen LogP contribution in [0.3, 0.4) is 0 Å². The maximum absolute atomic E-state index is 13.0. The number of hydrogen-bond donors (Lipinski definition) is 1. The number of alkyl halides is 3. The summed E-state index contributed by atoms with van der Waals surface area (Å²) >= 11 is 3.34. The summed E-state index contributed by atoms with van der Waals surface area (Å²) in [6.45, 7) is -0.167. The molecular weight excluding hydrogens is 467 g/mol. The van der Waals surface area contributed by atoms with Crippen LogP contribution in [0.2, 0.25) is 0 Å². The zero-order valence-electron chi connectivity index (χ0n) is 15.6. The van der Waals surface area contributed by atoms with E-state index in [-0.39, 0.29) is 19.2 Å². The van der Waals surface area contributed by atoms with E-state index in [9.17, 15) is 18.0 Å². The Morgan fingerprint density at radius 2 is 2.00 bits per heavy atom. The summed E-state index contributed by atoms with van der Waals surface area (Å²) in [5, 5.41) is 10.3. The number of anilines is 1. The Bertz CT molecular complexity index is 1040. The van der Waals surface area contributed by atoms with E-state index in [1.165, 1.54) is 10.9 Å². The normalized spacial score (nSPS) is 14.0. The fourth-order valence-corrected chi connectivity index (χ4v) is 3.18. The van der Waals surface area contributed by atoms with E-state index in [0.717, 1.165) is 28.1 Å². The van der Waals surface area contributed by atoms with Gasteiger partial charge in [0, 0.05) is 16.1 Å². The molecule has 1 N–H and O–H groups in total. The van der Waals surface area contributed by atoms with Gasteiger partial charge in [-0.25, -0.2) is 4.68 Å². The molecule has 0 radical (unpaired) electrons. The maximum Gasteiger partial charge on any atom is 0.435 e. The van der Waals surface area contributed by atoms with Crippen molar-refractivity contribution in [2.45, 2.75) is 38.2 Å². The Morgan fingerprint density at radius 1 is 1.27 bits per heavy atom. The first kappa shape index (κ1) is 20.5. The van der Waals surface area contributed by atoms with Crippen molar-refractivity contribution in [2.75, 3.05) is 5.32 Å². The van der Waals surface area contributed by atoms with Gasteiger partial charge < -0.3 is 10.1 Å². The molecule has 7 nitrogen and oxygen atoms in total. The summed E-state index contributed by atoms with van der Waals surface area (Å²) < 4.78 is 48.0. The Labute approximate surface area is 177 Å². The predicted molar refractivity (Wildman–Crippen MR) is 105 cm³/mol. The van der Waals surface area contributed by atoms with Crippen molar-refractivity contribution in [3.63, 3.8) is 0 Å². The van der Waals surface area contributed by atoms with Gasteiger partial charge in [-0.1, -0.05) is 15.9 Å². The predicted octanol–water partition coefficient (Wildman–Crippen LogP) is 4.41. The molecule has 0 aliphatic heterocycles. The molecule has 2 heterocycles. The first-order valence-electron chi connectivity index (χ1n) is 9.13. The Kier molecular flexibility index (Phi) is 5.54. The average Bonchev–Trinajstić information content (AvgIpc) is 3.28. The van der Waals surface area contributed by atoms with E-state index in [1.54, 1.807) is 18.3 Å². The van der Waals surface area contributed by atoms with Crippen LogP contribution in [0.1, 0.15) is 30.1 Å². The van der Waals surface area contributed by atoms with Crippen molar-refractivity contribution in [1.29, 1.82) is 0 Å². The largest absolute Gasteiger partial charge is 0.471 e. The molecule has 0 atom stereocenters. The number of hydrogen-bond acceptors (Lipinski definition) is 4. The van der Waals surface area contributed by atoms with Crippen LogP contribution >= 0.6 is 15.9 Å². The molecule has 1 aliphatic carbocycles. The summed E-state index contributed by atoms with van der Waals surface area (Å²) in [6, 6.07) is 8.32. The molecule has 4 rings (SSSR count). The molecule has 1 fully saturated rings. The number of amides is 1. The zero-order valence-corrected chi connectivity index (χ0v) is 17.2. The summed E-state index contributed by atoms with van der Waals surface area (Å²) in [4.78, 5) is 12.3. The standard InChI is InChI=1S/C19H17BrF3N5O2/c20-13-3-5-15(6-4-13)30-11-27-9-14(8-24-27)25-18(29)10-28-16(12-1-2-12)7-17(26-28)19(21,22)23/h3-9,12H,1-2,10-11H2,(H,25,29). The summed E-state index contributed by atoms with van der Waals surface area (Å²) in [7, 11) is 0. The van der Waals surface area contributed by atoms with E-state index in [4.69, 9.17) is 4.74 Å². The zero-order chi connectivity index (χ0) is 21.3. The SMILES string of the molecule is O=C(Cn1nc(C(F)(F)F)cc1C1CC1)Nc1cnn(COc2ccc(Br)cc2)c1. The van der Waals surface area contributed by atoms with Gasteiger partial charge in [0.25, 0.3) is 0 Å². The van der Waals surface area contributed by atoms with E-state index in [0.29, 0.717) is 17.1 Å². The highest BCUT2D eigenvalue weighted by molar-refractivity contribution is 9.10. The van der Waals surface area contributed by atoms with Crippen LogP contribution in [0.5, 0.6) is 5.75 Å². The first-order chi connectivity index (χ1) is 14.3. The minimum absolute atomic E-state index is 0.0277. The molecule has 1 aliphatic rings. The van der Waals surface area contributed by atoms with Crippen LogP contribution in [0.25, 0.3) is 0 Å². The second kappa shape index (κ2) is 8.13. The molecule has 3 aromatic rings. The lowest BCUT2D eigenvalue weighted by molar-refractivity contribution is -0.141. The number of ether oxygens (including phenoxy) is 1. The maximum atomic E-state index is 13.0. The van der Waals surface area contributed by atoms with Gasteiger partial charge in [0.2, 0.25) is 5.91 Å². The molecule has 1 saturated carbocycles. The first-order valence-corrected chi connectivity index (χ1v) is 9.93. The smallest absolute Gasteiger partial charge is 0.435 e. The highest BCUT2D eigenvalue weighted by atomic mass is 79.9. The summed E-state index contributed by atoms with van der Waals surface area (Å²) in [5.41, 5.74) is -0.123. The van der Waals surface area contributed by atoms with Crippen molar-refractivity contribution in [3.05, 3.63) is 58.6 Å². The minimum atomic E-state index is -4.54. The van der Waals surface area contributed by atoms with E-state index >= 15 is 0 Å². The third-order valence-electron chi connectivity index (χ3n) is 4.48. The van der Waals surface area contributed by atoms with Gasteiger partial charge in [0.05, 0.1) is 18.1 Å². The van der Waals surface area contributed by atoms with E-state index in [1.807, 2.05) is 12.1 Å². The van der Waals surface area contributed by atoms with E-state index in [2.05, 4.69) is 31.4 Å². The number of halogens is 4. The number of rotatable bonds is 7. The summed E-state index contributed by atoms with van der Waals surface area (Å²) in [6.07, 6.45) is 0.0739. The number of nitrogens with one attached hydrogen (secondary N) is 1. The van der Waals surface area contributed by atoms with Gasteiger partial charge in [-0.05, 0) is 43.2 Å². The van der Waals surface area contributed by atoms with Crippen molar-refractivity contribution < 1.29 is 22.7 Å². The minimum Gasteiger partial charge on any atom is -0.471 e. The third kappa shape index (κ3) is 5.02. The summed E-state index contributed by atoms with van der Waals surface area (Å²) in [5.74, 6) is 0.202. The van der Waals surface area contributed by atoms with Gasteiger partial charge in [-0.3, -0.25) is 9.48 Å². The van der Waals surface area contributed by atoms with Gasteiger partial charge in [0.15, 0.2) is 12.4 Å². The van der Waals surface area contributed by atoms with Crippen LogP contribution in [0.15, 0.2) is 47.2 Å². The quantitative estimate of drug-likeness (QED) is 0.539. The molecule has 2 aromatic heterocycles. The number of carbonyl (C=O) groups excluding carboxylic acids is 1. The molecule has 1 aromatic carbocycles. The van der Waals surface area contributed by atoms with Crippen molar-refractivity contribution in [1.82, 2.24) is 19.6 Å². The highest BCUT2D eigenvalue weighted by Crippen LogP contribution is 2.42. The Hall–Kier alpha value is -2.82. The molecule has 0 bridgehead atoms. The molecule has 158 valence electrons. The van der Waals surface area contributed by atoms with Gasteiger partial charge in [-0.2, -0.15) is 23.4 Å². The monoisotopic (exact) mass is 483 g/mol. The molecular formula is C19H17BrF3N5O2. The van der Waals surface area contributed by atoms with E-state index < -0.39 is 17.8 Å². The molecule has 0 saturated heterocycles. The lowest BCUT2D eigenvalue weighted by Crippen LogP contribution is -2.21. The Balaban J connectivity index is 1.36. The molecule has 1 amide bonds. The third-order valence-corrected chi connectivity index (χ3v) is 5.01. The number of nitrogens with zero attached hydrogens (tertiary/aromatic N) is 4. The lowest BCUT2D eigenvalue weighted by atomic mass is 10.2. The van der Waals surface area contributed by atoms with Crippen molar-refractivity contribution in [3.8, 4) is 5.75 Å². The van der Waals surface area contributed by atoms with Crippen LogP contribution in [0, 0.1) is 0 Å². The van der Waals surface area contributed by atoms with Crippen LogP contribution in [0.4, 0.5) is 18.9 Å². The highest BCUT2D eigenvalue weighted by Gasteiger charge is 2.38. The van der Waals surface area contributed by atoms with Gasteiger partial charge in [0.1, 0.15) is 12.3 Å². The fourth-order valence-electron chi connectivity index (χ4n) is 2.91. The molecule has 30 heavy (non-hydrogen) atoms. The number of aromatic nitrogens is 4. The molecule has 0 spiro atoms. The topological polar surface area (TPSA) is 74.0 Å². The van der Waals surface area contributed by atoms with Gasteiger partial charge >= 0.3 is 6.18 Å². The van der Waals surface area contributed by atoms with Crippen molar-refractivity contribution in [2.24, 2.45) is 0 Å². The average molecular weight is 484 g/mol. The van der Waals surface area contributed by atoms with Gasteiger partial charge in [-0.15, -0.1) is 0 Å². The van der Waals surface area contributed by atoms with Crippen molar-refractivity contribution >= 4 is 27.5 Å². The second-order valence-corrected chi connectivity index (χ2v) is 7.84. The van der Waals surface area contributed by atoms with Crippen LogP contribution in [-0.2, 0) is 24.2 Å². The second-order valence-electron chi connectivity index (χ2n) is 6.93. The lowest BCUT2D eigenvalue weighted by Gasteiger charge is -2.07. The van der Waals surface area contributed by atoms with Crippen LogP contribution < -0.4 is 10.1 Å². The fraction of sp³-hybridized carbons (Fsp3) is 0.316.